The van der Waals surface area contributed by atoms with E-state index in [9.17, 15) is 23.6 Å². The molecule has 0 amide bonds. The van der Waals surface area contributed by atoms with E-state index < -0.39 is 23.6 Å². The number of nitriles is 1. The number of H-pyrrole nitrogens is 1. The number of rotatable bonds is 5. The van der Waals surface area contributed by atoms with E-state index >= 15 is 0 Å². The van der Waals surface area contributed by atoms with Crippen LogP contribution in [0.15, 0.2) is 58.5 Å². The Morgan fingerprint density at radius 2 is 2.03 bits per heavy atom. The number of methoxy groups -OCH3 is 1. The molecule has 1 aliphatic heterocycles. The SMILES string of the molecule is CCc1cc(C#N)ccc1[C@@H]1C(C(=O)OC)=C(C)N(c2cccc(C(C)(F)F)c2)c2n[nH]c(=O)n21. The fourth-order valence-corrected chi connectivity index (χ4v) is 4.42. The van der Waals surface area contributed by atoms with Crippen LogP contribution in [0.1, 0.15) is 49.1 Å². The molecule has 4 rings (SSSR count). The Labute approximate surface area is 200 Å². The van der Waals surface area contributed by atoms with E-state index in [0.29, 0.717) is 28.9 Å². The van der Waals surface area contributed by atoms with Crippen molar-refractivity contribution in [3.8, 4) is 6.07 Å². The first-order chi connectivity index (χ1) is 16.6. The predicted molar refractivity (Wildman–Crippen MR) is 124 cm³/mol. The summed E-state index contributed by atoms with van der Waals surface area (Å²) in [5.41, 5.74) is 1.85. The lowest BCUT2D eigenvalue weighted by molar-refractivity contribution is -0.136. The number of nitrogens with zero attached hydrogens (tertiary/aromatic N) is 4. The van der Waals surface area contributed by atoms with Crippen LogP contribution in [-0.4, -0.2) is 27.8 Å². The molecular formula is C25H23F2N5O3. The molecule has 1 aliphatic rings. The van der Waals surface area contributed by atoms with Gasteiger partial charge in [-0.15, -0.1) is 5.10 Å². The Balaban J connectivity index is 2.03. The zero-order chi connectivity index (χ0) is 25.5. The molecule has 0 aliphatic carbocycles. The van der Waals surface area contributed by atoms with Gasteiger partial charge in [0.25, 0.3) is 5.92 Å². The molecule has 0 unspecified atom stereocenters. The van der Waals surface area contributed by atoms with Gasteiger partial charge in [-0.1, -0.05) is 25.1 Å². The predicted octanol–water partition coefficient (Wildman–Crippen LogP) is 4.31. The normalized spacial score (nSPS) is 15.6. The Morgan fingerprint density at radius 1 is 1.29 bits per heavy atom. The minimum absolute atomic E-state index is 0.133. The second kappa shape index (κ2) is 8.83. The van der Waals surface area contributed by atoms with Crippen molar-refractivity contribution < 1.29 is 18.3 Å². The highest BCUT2D eigenvalue weighted by molar-refractivity contribution is 5.93. The van der Waals surface area contributed by atoms with Crippen molar-refractivity contribution in [3.63, 3.8) is 0 Å². The van der Waals surface area contributed by atoms with Gasteiger partial charge in [0.05, 0.1) is 24.3 Å². The summed E-state index contributed by atoms with van der Waals surface area (Å²) in [6.45, 7) is 4.34. The number of nitrogens with one attached hydrogen (secondary N) is 1. The van der Waals surface area contributed by atoms with E-state index in [1.54, 1.807) is 31.2 Å². The molecule has 0 fully saturated rings. The van der Waals surface area contributed by atoms with Crippen LogP contribution in [0.4, 0.5) is 20.4 Å². The van der Waals surface area contributed by atoms with Crippen molar-refractivity contribution in [2.45, 2.75) is 39.2 Å². The van der Waals surface area contributed by atoms with Crippen molar-refractivity contribution >= 4 is 17.6 Å². The number of hydrogen-bond donors (Lipinski definition) is 1. The first-order valence-electron chi connectivity index (χ1n) is 10.9. The maximum absolute atomic E-state index is 14.1. The summed E-state index contributed by atoms with van der Waals surface area (Å²) >= 11 is 0. The number of carbonyl (C=O) groups is 1. The molecule has 180 valence electrons. The standard InChI is InChI=1S/C25H23F2N5O3/c1-5-16-11-15(13-28)9-10-19(16)21-20(22(33)35-4)14(2)31(23-29-30-24(34)32(21)23)18-8-6-7-17(12-18)25(3,26)27/h6-12,21H,5H2,1-4H3,(H,30,34)/t21-/m1/s1. The maximum atomic E-state index is 14.1. The van der Waals surface area contributed by atoms with Crippen molar-refractivity contribution in [2.75, 3.05) is 12.0 Å². The Hall–Kier alpha value is -4.26. The number of allylic oxidation sites excluding steroid dienone is 1. The lowest BCUT2D eigenvalue weighted by atomic mass is 9.89. The molecule has 2 heterocycles. The molecule has 0 spiro atoms. The minimum Gasteiger partial charge on any atom is -0.466 e. The highest BCUT2D eigenvalue weighted by Crippen LogP contribution is 2.43. The largest absolute Gasteiger partial charge is 0.466 e. The summed E-state index contributed by atoms with van der Waals surface area (Å²) in [5, 5.41) is 15.9. The van der Waals surface area contributed by atoms with Crippen molar-refractivity contribution in [1.29, 1.82) is 5.26 Å². The fourth-order valence-electron chi connectivity index (χ4n) is 4.42. The van der Waals surface area contributed by atoms with Crippen LogP contribution >= 0.6 is 0 Å². The van der Waals surface area contributed by atoms with Gasteiger partial charge in [0.15, 0.2) is 0 Å². The van der Waals surface area contributed by atoms with Crippen molar-refractivity contribution in [2.24, 2.45) is 0 Å². The minimum atomic E-state index is -3.10. The summed E-state index contributed by atoms with van der Waals surface area (Å²) in [5.74, 6) is -3.64. The first kappa shape index (κ1) is 23.9. The number of benzene rings is 2. The maximum Gasteiger partial charge on any atom is 0.345 e. The van der Waals surface area contributed by atoms with E-state index in [0.717, 1.165) is 12.5 Å². The summed E-state index contributed by atoms with van der Waals surface area (Å²) < 4.78 is 34.5. The van der Waals surface area contributed by atoms with E-state index in [1.807, 2.05) is 6.92 Å². The fraction of sp³-hybridized carbons (Fsp3) is 0.280. The molecule has 1 N–H and O–H groups in total. The summed E-state index contributed by atoms with van der Waals surface area (Å²) in [6.07, 6.45) is 0.536. The van der Waals surface area contributed by atoms with Crippen LogP contribution in [0, 0.1) is 11.3 Å². The Morgan fingerprint density at radius 3 is 2.66 bits per heavy atom. The van der Waals surface area contributed by atoms with E-state index in [1.165, 1.54) is 34.8 Å². The van der Waals surface area contributed by atoms with E-state index in [-0.39, 0.29) is 17.1 Å². The zero-order valence-corrected chi connectivity index (χ0v) is 19.6. The van der Waals surface area contributed by atoms with Gasteiger partial charge in [-0.2, -0.15) is 5.26 Å². The lowest BCUT2D eigenvalue weighted by Gasteiger charge is -2.36. The van der Waals surface area contributed by atoms with Gasteiger partial charge in [-0.3, -0.25) is 4.90 Å². The molecule has 2 aromatic carbocycles. The molecule has 0 saturated carbocycles. The number of ether oxygens (including phenoxy) is 1. The highest BCUT2D eigenvalue weighted by Gasteiger charge is 2.40. The number of anilines is 2. The molecule has 0 saturated heterocycles. The molecule has 35 heavy (non-hydrogen) atoms. The third kappa shape index (κ3) is 3.99. The molecule has 3 aromatic rings. The van der Waals surface area contributed by atoms with Crippen LogP contribution in [0.3, 0.4) is 0 Å². The molecule has 1 aromatic heterocycles. The molecule has 0 radical (unpaired) electrons. The van der Waals surface area contributed by atoms with E-state index in [4.69, 9.17) is 4.74 Å². The van der Waals surface area contributed by atoms with Gasteiger partial charge in [0.1, 0.15) is 6.04 Å². The van der Waals surface area contributed by atoms with Crippen LogP contribution < -0.4 is 10.6 Å². The number of esters is 1. The number of hydrogen-bond acceptors (Lipinski definition) is 6. The quantitative estimate of drug-likeness (QED) is 0.547. The molecule has 1 atom stereocenters. The first-order valence-corrected chi connectivity index (χ1v) is 10.9. The van der Waals surface area contributed by atoms with Gasteiger partial charge < -0.3 is 4.74 Å². The number of halogens is 2. The monoisotopic (exact) mass is 479 g/mol. The molecule has 10 heteroatoms. The Bertz CT molecular complexity index is 1440. The van der Waals surface area contributed by atoms with Crippen LogP contribution in [-0.2, 0) is 21.9 Å². The number of aromatic amines is 1. The van der Waals surface area contributed by atoms with Gasteiger partial charge in [0.2, 0.25) is 5.95 Å². The zero-order valence-electron chi connectivity index (χ0n) is 19.6. The van der Waals surface area contributed by atoms with Crippen LogP contribution in [0.25, 0.3) is 0 Å². The number of aryl methyl sites for hydroxylation is 1. The second-order valence-electron chi connectivity index (χ2n) is 8.25. The summed E-state index contributed by atoms with van der Waals surface area (Å²) in [4.78, 5) is 27.6. The van der Waals surface area contributed by atoms with Crippen molar-refractivity contribution in [3.05, 3.63) is 86.5 Å². The average Bonchev–Trinajstić information content (AvgIpc) is 3.22. The average molecular weight is 479 g/mol. The molecular weight excluding hydrogens is 456 g/mol. The number of fused-ring (bicyclic) bond motifs is 1. The van der Waals surface area contributed by atoms with Crippen LogP contribution in [0.2, 0.25) is 0 Å². The summed E-state index contributed by atoms with van der Waals surface area (Å²) in [6, 6.07) is 11.9. The molecule has 8 nitrogen and oxygen atoms in total. The lowest BCUT2D eigenvalue weighted by Crippen LogP contribution is -2.38. The van der Waals surface area contributed by atoms with Gasteiger partial charge in [-0.25, -0.2) is 28.0 Å². The number of alkyl halides is 2. The topological polar surface area (TPSA) is 104 Å². The number of aromatic nitrogens is 3. The molecule has 0 bridgehead atoms. The van der Waals surface area contributed by atoms with Gasteiger partial charge in [-0.05, 0) is 48.7 Å². The smallest absolute Gasteiger partial charge is 0.345 e. The summed E-state index contributed by atoms with van der Waals surface area (Å²) in [7, 11) is 1.23. The van der Waals surface area contributed by atoms with Crippen molar-refractivity contribution in [1.82, 2.24) is 14.8 Å². The van der Waals surface area contributed by atoms with Crippen LogP contribution in [0.5, 0.6) is 0 Å². The third-order valence-electron chi connectivity index (χ3n) is 6.11. The highest BCUT2D eigenvalue weighted by atomic mass is 19.3. The van der Waals surface area contributed by atoms with Gasteiger partial charge >= 0.3 is 11.7 Å². The van der Waals surface area contributed by atoms with Gasteiger partial charge in [0, 0.05) is 23.9 Å². The third-order valence-corrected chi connectivity index (χ3v) is 6.11. The second-order valence-corrected chi connectivity index (χ2v) is 8.25. The Kier molecular flexibility index (Phi) is 6.03. The number of carbonyl (C=O) groups excluding carboxylic acids is 1. The van der Waals surface area contributed by atoms with E-state index in [2.05, 4.69) is 16.3 Å².